The van der Waals surface area contributed by atoms with Crippen LogP contribution in [0.3, 0.4) is 0 Å². The molecule has 1 aliphatic rings. The summed E-state index contributed by atoms with van der Waals surface area (Å²) in [4.78, 5) is 1.36. The number of rotatable bonds is 3. The maximum atomic E-state index is 5.42. The van der Waals surface area contributed by atoms with Gasteiger partial charge in [0.15, 0.2) is 0 Å². The first kappa shape index (κ1) is 12.5. The Labute approximate surface area is 110 Å². The van der Waals surface area contributed by atoms with Crippen LogP contribution in [0.5, 0.6) is 0 Å². The van der Waals surface area contributed by atoms with Crippen molar-refractivity contribution in [3.63, 3.8) is 0 Å². The van der Waals surface area contributed by atoms with Gasteiger partial charge >= 0.3 is 0 Å². The highest BCUT2D eigenvalue weighted by molar-refractivity contribution is 9.10. The maximum Gasteiger partial charge on any atom is 0.0471 e. The molecular weight excluding hydrogens is 284 g/mol. The van der Waals surface area contributed by atoms with E-state index in [9.17, 15) is 0 Å². The van der Waals surface area contributed by atoms with E-state index in [0.717, 1.165) is 17.7 Å². The highest BCUT2D eigenvalue weighted by atomic mass is 79.9. The van der Waals surface area contributed by atoms with Crippen LogP contribution >= 0.6 is 27.7 Å². The first-order valence-electron chi connectivity index (χ1n) is 5.64. The van der Waals surface area contributed by atoms with Crippen LogP contribution in [0.25, 0.3) is 0 Å². The quantitative estimate of drug-likeness (QED) is 0.767. The molecule has 0 saturated carbocycles. The van der Waals surface area contributed by atoms with Gasteiger partial charge in [-0.25, -0.2) is 0 Å². The Morgan fingerprint density at radius 3 is 2.50 bits per heavy atom. The van der Waals surface area contributed by atoms with Gasteiger partial charge in [0.05, 0.1) is 0 Å². The van der Waals surface area contributed by atoms with Crippen molar-refractivity contribution in [3.05, 3.63) is 28.7 Å². The average molecular weight is 301 g/mol. The molecule has 2 rings (SSSR count). The molecule has 0 N–H and O–H groups in total. The topological polar surface area (TPSA) is 9.23 Å². The Bertz CT molecular complexity index is 330. The lowest BCUT2D eigenvalue weighted by atomic mass is 9.85. The molecule has 0 radical (unpaired) electrons. The normalized spacial score (nSPS) is 19.6. The largest absolute Gasteiger partial charge is 0.381 e. The summed E-state index contributed by atoms with van der Waals surface area (Å²) in [5, 5.41) is 0. The van der Waals surface area contributed by atoms with Gasteiger partial charge < -0.3 is 4.74 Å². The van der Waals surface area contributed by atoms with Crippen molar-refractivity contribution in [2.75, 3.05) is 19.0 Å². The zero-order valence-electron chi connectivity index (χ0n) is 9.54. The molecule has 1 aromatic carbocycles. The van der Waals surface area contributed by atoms with E-state index in [4.69, 9.17) is 4.74 Å². The predicted molar refractivity (Wildman–Crippen MR) is 73.0 cm³/mol. The fourth-order valence-corrected chi connectivity index (χ4v) is 3.19. The number of thioether (sulfide) groups is 1. The number of benzene rings is 1. The van der Waals surface area contributed by atoms with Crippen molar-refractivity contribution in [2.45, 2.75) is 24.7 Å². The molecule has 16 heavy (non-hydrogen) atoms. The van der Waals surface area contributed by atoms with Crippen LogP contribution in [0.4, 0.5) is 0 Å². The fraction of sp³-hybridized carbons (Fsp3) is 0.538. The predicted octanol–water partition coefficient (Wildman–Crippen LogP) is 4.36. The van der Waals surface area contributed by atoms with Crippen LogP contribution in [-0.2, 0) is 4.74 Å². The lowest BCUT2D eigenvalue weighted by molar-refractivity contribution is 0.0348. The SMILES string of the molecule is CC1(CSc2ccc(Br)cc2)CCOCC1. The molecule has 0 amide bonds. The molecule has 1 heterocycles. The lowest BCUT2D eigenvalue weighted by Gasteiger charge is -2.33. The molecule has 0 aromatic heterocycles. The summed E-state index contributed by atoms with van der Waals surface area (Å²) in [6.07, 6.45) is 2.38. The number of ether oxygens (including phenoxy) is 1. The van der Waals surface area contributed by atoms with Gasteiger partial charge in [-0.15, -0.1) is 11.8 Å². The Balaban J connectivity index is 1.88. The van der Waals surface area contributed by atoms with Gasteiger partial charge in [-0.1, -0.05) is 22.9 Å². The Morgan fingerprint density at radius 2 is 1.88 bits per heavy atom. The van der Waals surface area contributed by atoms with Crippen molar-refractivity contribution in [1.29, 1.82) is 0 Å². The molecule has 0 spiro atoms. The van der Waals surface area contributed by atoms with Crippen LogP contribution in [0.1, 0.15) is 19.8 Å². The van der Waals surface area contributed by atoms with Gasteiger partial charge in [-0.2, -0.15) is 0 Å². The smallest absolute Gasteiger partial charge is 0.0471 e. The van der Waals surface area contributed by atoms with Gasteiger partial charge in [0.2, 0.25) is 0 Å². The molecule has 1 fully saturated rings. The lowest BCUT2D eigenvalue weighted by Crippen LogP contribution is -2.28. The monoisotopic (exact) mass is 300 g/mol. The summed E-state index contributed by atoms with van der Waals surface area (Å²) in [5.74, 6) is 1.19. The van der Waals surface area contributed by atoms with Gasteiger partial charge in [0.1, 0.15) is 0 Å². The second kappa shape index (κ2) is 5.56. The zero-order chi connectivity index (χ0) is 11.4. The maximum absolute atomic E-state index is 5.42. The van der Waals surface area contributed by atoms with E-state index < -0.39 is 0 Å². The molecule has 88 valence electrons. The molecule has 1 nitrogen and oxygen atoms in total. The summed E-state index contributed by atoms with van der Waals surface area (Å²) in [6.45, 7) is 4.23. The van der Waals surface area contributed by atoms with Gasteiger partial charge in [0, 0.05) is 28.3 Å². The minimum Gasteiger partial charge on any atom is -0.381 e. The summed E-state index contributed by atoms with van der Waals surface area (Å²) in [6, 6.07) is 8.57. The van der Waals surface area contributed by atoms with Crippen LogP contribution in [-0.4, -0.2) is 19.0 Å². The molecule has 0 aliphatic carbocycles. The van der Waals surface area contributed by atoms with E-state index in [1.54, 1.807) is 0 Å². The van der Waals surface area contributed by atoms with E-state index in [1.165, 1.54) is 23.5 Å². The molecule has 1 aromatic rings. The number of hydrogen-bond donors (Lipinski definition) is 0. The van der Waals surface area contributed by atoms with E-state index in [1.807, 2.05) is 11.8 Å². The van der Waals surface area contributed by atoms with Crippen molar-refractivity contribution < 1.29 is 4.74 Å². The molecule has 1 saturated heterocycles. The van der Waals surface area contributed by atoms with Crippen LogP contribution < -0.4 is 0 Å². The minimum absolute atomic E-state index is 0.454. The van der Waals surface area contributed by atoms with Crippen molar-refractivity contribution >= 4 is 27.7 Å². The molecule has 0 bridgehead atoms. The molecule has 1 aliphatic heterocycles. The minimum atomic E-state index is 0.454. The molecular formula is C13H17BrOS. The number of halogens is 1. The van der Waals surface area contributed by atoms with Crippen LogP contribution in [0.2, 0.25) is 0 Å². The molecule has 0 atom stereocenters. The van der Waals surface area contributed by atoms with Crippen LogP contribution in [0.15, 0.2) is 33.6 Å². The van der Waals surface area contributed by atoms with Gasteiger partial charge in [0.25, 0.3) is 0 Å². The average Bonchev–Trinajstić information content (AvgIpc) is 2.29. The summed E-state index contributed by atoms with van der Waals surface area (Å²) < 4.78 is 6.56. The summed E-state index contributed by atoms with van der Waals surface area (Å²) in [5.41, 5.74) is 0.454. The third-order valence-corrected chi connectivity index (χ3v) is 5.08. The Morgan fingerprint density at radius 1 is 1.25 bits per heavy atom. The standard InChI is InChI=1S/C13H17BrOS/c1-13(6-8-15-9-7-13)10-16-12-4-2-11(14)3-5-12/h2-5H,6-10H2,1H3. The zero-order valence-corrected chi connectivity index (χ0v) is 11.9. The fourth-order valence-electron chi connectivity index (χ4n) is 1.80. The van der Waals surface area contributed by atoms with Crippen molar-refractivity contribution in [1.82, 2.24) is 0 Å². The van der Waals surface area contributed by atoms with Gasteiger partial charge in [-0.05, 0) is 42.5 Å². The highest BCUT2D eigenvalue weighted by Crippen LogP contribution is 2.36. The number of hydrogen-bond acceptors (Lipinski definition) is 2. The second-order valence-corrected chi connectivity index (χ2v) is 6.63. The van der Waals surface area contributed by atoms with Crippen molar-refractivity contribution in [2.24, 2.45) is 5.41 Å². The first-order valence-corrected chi connectivity index (χ1v) is 7.42. The van der Waals surface area contributed by atoms with E-state index in [0.29, 0.717) is 5.41 Å². The van der Waals surface area contributed by atoms with E-state index in [2.05, 4.69) is 47.1 Å². The van der Waals surface area contributed by atoms with Gasteiger partial charge in [-0.3, -0.25) is 0 Å². The third-order valence-electron chi connectivity index (χ3n) is 3.10. The molecule has 0 unspecified atom stereocenters. The first-order chi connectivity index (χ1) is 7.68. The Hall–Kier alpha value is 0.01000. The summed E-state index contributed by atoms with van der Waals surface area (Å²) in [7, 11) is 0. The Kier molecular flexibility index (Phi) is 4.34. The third kappa shape index (κ3) is 3.51. The molecule has 3 heteroatoms. The van der Waals surface area contributed by atoms with Crippen molar-refractivity contribution in [3.8, 4) is 0 Å². The summed E-state index contributed by atoms with van der Waals surface area (Å²) >= 11 is 5.42. The highest BCUT2D eigenvalue weighted by Gasteiger charge is 2.27. The van der Waals surface area contributed by atoms with E-state index in [-0.39, 0.29) is 0 Å². The second-order valence-electron chi connectivity index (χ2n) is 4.67. The van der Waals surface area contributed by atoms with Crippen LogP contribution in [0, 0.1) is 5.41 Å². The van der Waals surface area contributed by atoms with E-state index >= 15 is 0 Å².